The van der Waals surface area contributed by atoms with Gasteiger partial charge in [-0.3, -0.25) is 4.79 Å². The lowest BCUT2D eigenvalue weighted by Crippen LogP contribution is -2.56. The molecule has 1 aliphatic carbocycles. The molecule has 0 aromatic heterocycles. The molecular weight excluding hydrogens is 364 g/mol. The minimum Gasteiger partial charge on any atom is -0.352 e. The molecule has 5 heteroatoms. The van der Waals surface area contributed by atoms with E-state index in [0.717, 1.165) is 48.8 Å². The summed E-state index contributed by atoms with van der Waals surface area (Å²) in [6.45, 7) is 4.21. The van der Waals surface area contributed by atoms with Gasteiger partial charge in [-0.15, -0.1) is 12.4 Å². The number of nitrogens with one attached hydrogen (secondary N) is 2. The zero-order valence-electron chi connectivity index (χ0n) is 12.9. The Balaban J connectivity index is 0.00000176. The highest BCUT2D eigenvalue weighted by atomic mass is 79.9. The average molecular weight is 388 g/mol. The highest BCUT2D eigenvalue weighted by Crippen LogP contribution is 2.44. The summed E-state index contributed by atoms with van der Waals surface area (Å²) in [5.74, 6) is 0.736. The monoisotopic (exact) mass is 386 g/mol. The number of carbonyl (C=O) groups is 1. The van der Waals surface area contributed by atoms with Crippen LogP contribution in [0.1, 0.15) is 38.2 Å². The highest BCUT2D eigenvalue weighted by Gasteiger charge is 2.46. The molecule has 1 aromatic carbocycles. The van der Waals surface area contributed by atoms with Crippen molar-refractivity contribution < 1.29 is 4.79 Å². The standard InChI is InChI=1S/C17H23BrN2O.ClH/c1-12-11-19-10-7-15(12)20-16(21)17(8-2-9-17)13-3-5-14(18)6-4-13;/h3-6,12,15,19H,2,7-11H2,1H3,(H,20,21);1H. The summed E-state index contributed by atoms with van der Waals surface area (Å²) >= 11 is 3.47. The van der Waals surface area contributed by atoms with Gasteiger partial charge in [0, 0.05) is 10.5 Å². The molecule has 3 nitrogen and oxygen atoms in total. The summed E-state index contributed by atoms with van der Waals surface area (Å²) in [5, 5.41) is 6.72. The van der Waals surface area contributed by atoms with Crippen LogP contribution in [-0.2, 0) is 10.2 Å². The number of piperidine rings is 1. The summed E-state index contributed by atoms with van der Waals surface area (Å²) in [4.78, 5) is 12.9. The number of halogens is 2. The fourth-order valence-electron chi connectivity index (χ4n) is 3.48. The smallest absolute Gasteiger partial charge is 0.230 e. The van der Waals surface area contributed by atoms with Gasteiger partial charge in [-0.1, -0.05) is 41.4 Å². The molecule has 1 saturated carbocycles. The van der Waals surface area contributed by atoms with E-state index in [0.29, 0.717) is 12.0 Å². The molecule has 1 aliphatic heterocycles. The Kier molecular flexibility index (Phi) is 5.92. The van der Waals surface area contributed by atoms with Crippen molar-refractivity contribution in [1.29, 1.82) is 0 Å². The molecule has 1 aromatic rings. The van der Waals surface area contributed by atoms with Gasteiger partial charge >= 0.3 is 0 Å². The van der Waals surface area contributed by atoms with Gasteiger partial charge in [-0.05, 0) is 56.0 Å². The molecule has 2 unspecified atom stereocenters. The predicted octanol–water partition coefficient (Wildman–Crippen LogP) is 3.41. The van der Waals surface area contributed by atoms with Crippen molar-refractivity contribution in [3.63, 3.8) is 0 Å². The van der Waals surface area contributed by atoms with Crippen LogP contribution >= 0.6 is 28.3 Å². The van der Waals surface area contributed by atoms with Crippen LogP contribution < -0.4 is 10.6 Å². The minimum atomic E-state index is -0.286. The minimum absolute atomic E-state index is 0. The summed E-state index contributed by atoms with van der Waals surface area (Å²) in [5.41, 5.74) is 0.877. The lowest BCUT2D eigenvalue weighted by Gasteiger charge is -2.43. The van der Waals surface area contributed by atoms with Crippen molar-refractivity contribution in [3.8, 4) is 0 Å². The first-order chi connectivity index (χ1) is 10.1. The molecule has 1 heterocycles. The van der Waals surface area contributed by atoms with Gasteiger partial charge in [-0.25, -0.2) is 0 Å². The van der Waals surface area contributed by atoms with E-state index < -0.39 is 0 Å². The van der Waals surface area contributed by atoms with Crippen LogP contribution in [0.15, 0.2) is 28.7 Å². The van der Waals surface area contributed by atoms with Crippen LogP contribution in [0.2, 0.25) is 0 Å². The first kappa shape index (κ1) is 17.8. The number of benzene rings is 1. The Morgan fingerprint density at radius 1 is 1.32 bits per heavy atom. The van der Waals surface area contributed by atoms with Crippen LogP contribution in [-0.4, -0.2) is 25.0 Å². The van der Waals surface area contributed by atoms with Crippen molar-refractivity contribution in [2.24, 2.45) is 5.92 Å². The van der Waals surface area contributed by atoms with Crippen molar-refractivity contribution in [1.82, 2.24) is 10.6 Å². The third kappa shape index (κ3) is 3.34. The molecule has 122 valence electrons. The number of rotatable bonds is 3. The van der Waals surface area contributed by atoms with E-state index in [9.17, 15) is 4.79 Å². The van der Waals surface area contributed by atoms with Gasteiger partial charge in [0.15, 0.2) is 0 Å². The molecule has 2 N–H and O–H groups in total. The van der Waals surface area contributed by atoms with E-state index >= 15 is 0 Å². The molecular formula is C17H24BrClN2O. The molecule has 3 rings (SSSR count). The Morgan fingerprint density at radius 2 is 2.00 bits per heavy atom. The third-order valence-electron chi connectivity index (χ3n) is 5.14. The van der Waals surface area contributed by atoms with E-state index in [-0.39, 0.29) is 23.7 Å². The SMILES string of the molecule is CC1CNCCC1NC(=O)C1(c2ccc(Br)cc2)CCC1.Cl. The van der Waals surface area contributed by atoms with Crippen LogP contribution in [0.4, 0.5) is 0 Å². The van der Waals surface area contributed by atoms with E-state index in [1.807, 2.05) is 12.1 Å². The second kappa shape index (κ2) is 7.33. The fourth-order valence-corrected chi connectivity index (χ4v) is 3.75. The van der Waals surface area contributed by atoms with E-state index in [1.165, 1.54) is 0 Å². The number of amides is 1. The first-order valence-corrected chi connectivity index (χ1v) is 8.69. The third-order valence-corrected chi connectivity index (χ3v) is 5.67. The normalized spacial score (nSPS) is 26.5. The summed E-state index contributed by atoms with van der Waals surface area (Å²) < 4.78 is 1.06. The number of hydrogen-bond acceptors (Lipinski definition) is 2. The van der Waals surface area contributed by atoms with E-state index in [2.05, 4.69) is 45.6 Å². The van der Waals surface area contributed by atoms with Gasteiger partial charge in [0.1, 0.15) is 0 Å². The zero-order valence-corrected chi connectivity index (χ0v) is 15.3. The number of hydrogen-bond donors (Lipinski definition) is 2. The summed E-state index contributed by atoms with van der Waals surface area (Å²) in [6.07, 6.45) is 4.12. The van der Waals surface area contributed by atoms with E-state index in [4.69, 9.17) is 0 Å². The van der Waals surface area contributed by atoms with Crippen molar-refractivity contribution >= 4 is 34.2 Å². The van der Waals surface area contributed by atoms with E-state index in [1.54, 1.807) is 0 Å². The van der Waals surface area contributed by atoms with Crippen LogP contribution in [0.25, 0.3) is 0 Å². The second-order valence-electron chi connectivity index (χ2n) is 6.49. The van der Waals surface area contributed by atoms with Gasteiger partial charge < -0.3 is 10.6 Å². The molecule has 1 saturated heterocycles. The Morgan fingerprint density at radius 3 is 2.55 bits per heavy atom. The number of carbonyl (C=O) groups excluding carboxylic acids is 1. The lowest BCUT2D eigenvalue weighted by molar-refractivity contribution is -0.131. The van der Waals surface area contributed by atoms with Crippen molar-refractivity contribution in [2.75, 3.05) is 13.1 Å². The molecule has 2 fully saturated rings. The topological polar surface area (TPSA) is 41.1 Å². The quantitative estimate of drug-likeness (QED) is 0.834. The maximum absolute atomic E-state index is 12.9. The van der Waals surface area contributed by atoms with Gasteiger partial charge in [0.05, 0.1) is 5.41 Å². The molecule has 1 amide bonds. The van der Waals surface area contributed by atoms with Crippen LogP contribution in [0, 0.1) is 5.92 Å². The first-order valence-electron chi connectivity index (χ1n) is 7.89. The second-order valence-corrected chi connectivity index (χ2v) is 7.41. The average Bonchev–Trinajstić information content (AvgIpc) is 2.42. The van der Waals surface area contributed by atoms with Gasteiger partial charge in [0.2, 0.25) is 5.91 Å². The maximum atomic E-state index is 12.9. The Labute approximate surface area is 147 Å². The Hall–Kier alpha value is -0.580. The maximum Gasteiger partial charge on any atom is 0.230 e. The van der Waals surface area contributed by atoms with Crippen LogP contribution in [0.3, 0.4) is 0 Å². The molecule has 22 heavy (non-hydrogen) atoms. The van der Waals surface area contributed by atoms with Gasteiger partial charge in [-0.2, -0.15) is 0 Å². The highest BCUT2D eigenvalue weighted by molar-refractivity contribution is 9.10. The van der Waals surface area contributed by atoms with Gasteiger partial charge in [0.25, 0.3) is 0 Å². The largest absolute Gasteiger partial charge is 0.352 e. The molecule has 0 bridgehead atoms. The van der Waals surface area contributed by atoms with Crippen molar-refractivity contribution in [3.05, 3.63) is 34.3 Å². The molecule has 0 spiro atoms. The predicted molar refractivity (Wildman–Crippen MR) is 95.5 cm³/mol. The summed E-state index contributed by atoms with van der Waals surface area (Å²) in [7, 11) is 0. The molecule has 2 aliphatic rings. The van der Waals surface area contributed by atoms with Crippen LogP contribution in [0.5, 0.6) is 0 Å². The fraction of sp³-hybridized carbons (Fsp3) is 0.588. The molecule has 2 atom stereocenters. The van der Waals surface area contributed by atoms with Crippen molar-refractivity contribution in [2.45, 2.75) is 44.1 Å². The molecule has 0 radical (unpaired) electrons. The Bertz CT molecular complexity index is 516. The summed E-state index contributed by atoms with van der Waals surface area (Å²) in [6, 6.07) is 8.57. The zero-order chi connectivity index (χ0) is 14.9. The lowest BCUT2D eigenvalue weighted by atomic mass is 9.63.